The first-order valence-electron chi connectivity index (χ1n) is 6.85. The number of carbonyl (C=O) groups excluding carboxylic acids is 2. The lowest BCUT2D eigenvalue weighted by atomic mass is 9.95. The van der Waals surface area contributed by atoms with Gasteiger partial charge in [0.2, 0.25) is 11.8 Å². The molecule has 1 aromatic rings. The van der Waals surface area contributed by atoms with Crippen LogP contribution in [-0.4, -0.2) is 34.9 Å². The summed E-state index contributed by atoms with van der Waals surface area (Å²) in [6.07, 6.45) is 0.646. The van der Waals surface area contributed by atoms with E-state index in [4.69, 9.17) is 4.74 Å². The Balaban J connectivity index is 1.83. The summed E-state index contributed by atoms with van der Waals surface area (Å²) in [5.74, 6) is 0.616. The highest BCUT2D eigenvalue weighted by Crippen LogP contribution is 2.36. The van der Waals surface area contributed by atoms with E-state index < -0.39 is 5.60 Å². The molecule has 1 aromatic carbocycles. The highest BCUT2D eigenvalue weighted by atomic mass is 16.5. The summed E-state index contributed by atoms with van der Waals surface area (Å²) < 4.78 is 6.00. The minimum atomic E-state index is -0.489. The molecule has 5 nitrogen and oxygen atoms in total. The second-order valence-corrected chi connectivity index (χ2v) is 5.80. The molecule has 1 N–H and O–H groups in total. The van der Waals surface area contributed by atoms with Crippen molar-refractivity contribution in [2.24, 2.45) is 0 Å². The Hall–Kier alpha value is -2.04. The summed E-state index contributed by atoms with van der Waals surface area (Å²) in [7, 11) is 0. The minimum Gasteiger partial charge on any atom is -0.483 e. The van der Waals surface area contributed by atoms with Crippen LogP contribution in [0.2, 0.25) is 0 Å². The van der Waals surface area contributed by atoms with E-state index in [1.165, 1.54) is 4.90 Å². The molecule has 106 valence electrons. The van der Waals surface area contributed by atoms with Gasteiger partial charge in [0, 0.05) is 12.8 Å². The van der Waals surface area contributed by atoms with Crippen LogP contribution in [0.15, 0.2) is 24.3 Å². The summed E-state index contributed by atoms with van der Waals surface area (Å²) in [6, 6.07) is 7.57. The van der Waals surface area contributed by atoms with Crippen LogP contribution >= 0.6 is 0 Å². The molecule has 0 radical (unpaired) electrons. The Morgan fingerprint density at radius 1 is 1.25 bits per heavy atom. The lowest BCUT2D eigenvalue weighted by Crippen LogP contribution is -2.55. The van der Waals surface area contributed by atoms with Gasteiger partial charge in [-0.25, -0.2) is 0 Å². The SMILES string of the molecule is CC1(C)Oc2ccccc2NC1CN1C(=O)CCC1=O. The van der Waals surface area contributed by atoms with E-state index in [-0.39, 0.29) is 17.9 Å². The third-order valence-electron chi connectivity index (χ3n) is 3.95. The first-order chi connectivity index (χ1) is 9.47. The van der Waals surface area contributed by atoms with Gasteiger partial charge in [-0.2, -0.15) is 0 Å². The van der Waals surface area contributed by atoms with E-state index in [0.29, 0.717) is 19.4 Å². The molecule has 0 bridgehead atoms. The van der Waals surface area contributed by atoms with Gasteiger partial charge in [0.15, 0.2) is 0 Å². The number of rotatable bonds is 2. The fourth-order valence-electron chi connectivity index (χ4n) is 2.67. The van der Waals surface area contributed by atoms with Crippen LogP contribution in [0.5, 0.6) is 5.75 Å². The first kappa shape index (κ1) is 13.0. The molecule has 1 fully saturated rings. The van der Waals surface area contributed by atoms with Crippen LogP contribution in [0.3, 0.4) is 0 Å². The summed E-state index contributed by atoms with van der Waals surface area (Å²) in [5, 5.41) is 3.38. The predicted octanol–water partition coefficient (Wildman–Crippen LogP) is 1.79. The smallest absolute Gasteiger partial charge is 0.229 e. The molecular weight excluding hydrogens is 256 g/mol. The summed E-state index contributed by atoms with van der Waals surface area (Å²) in [5.41, 5.74) is 0.410. The molecule has 3 rings (SSSR count). The van der Waals surface area contributed by atoms with Crippen molar-refractivity contribution in [2.45, 2.75) is 38.3 Å². The van der Waals surface area contributed by atoms with E-state index in [9.17, 15) is 9.59 Å². The Kier molecular flexibility index (Phi) is 2.92. The van der Waals surface area contributed by atoms with Crippen molar-refractivity contribution >= 4 is 17.5 Å². The van der Waals surface area contributed by atoms with Gasteiger partial charge >= 0.3 is 0 Å². The quantitative estimate of drug-likeness (QED) is 0.835. The average molecular weight is 274 g/mol. The van der Waals surface area contributed by atoms with Crippen molar-refractivity contribution in [2.75, 3.05) is 11.9 Å². The van der Waals surface area contributed by atoms with E-state index in [1.54, 1.807) is 0 Å². The number of fused-ring (bicyclic) bond motifs is 1. The second-order valence-electron chi connectivity index (χ2n) is 5.80. The predicted molar refractivity (Wildman–Crippen MR) is 74.5 cm³/mol. The maximum absolute atomic E-state index is 11.8. The van der Waals surface area contributed by atoms with Crippen molar-refractivity contribution in [3.8, 4) is 5.75 Å². The molecule has 20 heavy (non-hydrogen) atoms. The Bertz CT molecular complexity index is 552. The number of hydrogen-bond acceptors (Lipinski definition) is 4. The van der Waals surface area contributed by atoms with Crippen molar-refractivity contribution < 1.29 is 14.3 Å². The van der Waals surface area contributed by atoms with Crippen LogP contribution in [0, 0.1) is 0 Å². The molecule has 2 heterocycles. The largest absolute Gasteiger partial charge is 0.483 e. The number of hydrogen-bond donors (Lipinski definition) is 1. The van der Waals surface area contributed by atoms with E-state index >= 15 is 0 Å². The first-order valence-corrected chi connectivity index (χ1v) is 6.85. The molecule has 2 aliphatic heterocycles. The van der Waals surface area contributed by atoms with Gasteiger partial charge in [0.05, 0.1) is 18.3 Å². The van der Waals surface area contributed by atoms with Gasteiger partial charge < -0.3 is 10.1 Å². The standard InChI is InChI=1S/C15H18N2O3/c1-15(2)12(9-17-13(18)7-8-14(17)19)16-10-5-3-4-6-11(10)20-15/h3-6,12,16H,7-9H2,1-2H3. The van der Waals surface area contributed by atoms with Gasteiger partial charge in [0.25, 0.3) is 0 Å². The number of benzene rings is 1. The summed E-state index contributed by atoms with van der Waals surface area (Å²) in [6.45, 7) is 4.27. The molecule has 5 heteroatoms. The highest BCUT2D eigenvalue weighted by Gasteiger charge is 2.40. The zero-order valence-corrected chi connectivity index (χ0v) is 11.7. The lowest BCUT2D eigenvalue weighted by Gasteiger charge is -2.42. The number of anilines is 1. The van der Waals surface area contributed by atoms with Crippen LogP contribution in [-0.2, 0) is 9.59 Å². The number of ether oxygens (including phenoxy) is 1. The highest BCUT2D eigenvalue weighted by molar-refractivity contribution is 6.02. The van der Waals surface area contributed by atoms with Crippen LogP contribution < -0.4 is 10.1 Å². The van der Waals surface area contributed by atoms with E-state index in [2.05, 4.69) is 5.32 Å². The number of para-hydroxylation sites is 2. The van der Waals surface area contributed by atoms with Gasteiger partial charge in [-0.05, 0) is 26.0 Å². The molecule has 2 aliphatic rings. The van der Waals surface area contributed by atoms with Gasteiger partial charge in [-0.3, -0.25) is 14.5 Å². The number of likely N-dealkylation sites (tertiary alicyclic amines) is 1. The Morgan fingerprint density at radius 2 is 1.90 bits per heavy atom. The molecule has 1 saturated heterocycles. The number of amides is 2. The minimum absolute atomic E-state index is 0.0912. The zero-order chi connectivity index (χ0) is 14.3. The number of imide groups is 1. The fourth-order valence-corrected chi connectivity index (χ4v) is 2.67. The van der Waals surface area contributed by atoms with Crippen molar-refractivity contribution in [1.82, 2.24) is 4.90 Å². The molecule has 1 atom stereocenters. The topological polar surface area (TPSA) is 58.6 Å². The van der Waals surface area contributed by atoms with Crippen LogP contribution in [0.4, 0.5) is 5.69 Å². The third-order valence-corrected chi connectivity index (χ3v) is 3.95. The van der Waals surface area contributed by atoms with Crippen LogP contribution in [0.25, 0.3) is 0 Å². The van der Waals surface area contributed by atoms with Gasteiger partial charge in [-0.1, -0.05) is 12.1 Å². The van der Waals surface area contributed by atoms with Crippen molar-refractivity contribution in [3.05, 3.63) is 24.3 Å². The molecule has 1 unspecified atom stereocenters. The van der Waals surface area contributed by atoms with Gasteiger partial charge in [0.1, 0.15) is 11.4 Å². The second kappa shape index (κ2) is 4.51. The molecule has 0 saturated carbocycles. The van der Waals surface area contributed by atoms with E-state index in [0.717, 1.165) is 11.4 Å². The Morgan fingerprint density at radius 3 is 2.60 bits per heavy atom. The molecule has 0 spiro atoms. The third kappa shape index (κ3) is 2.13. The molecule has 0 aromatic heterocycles. The summed E-state index contributed by atoms with van der Waals surface area (Å²) in [4.78, 5) is 24.8. The van der Waals surface area contributed by atoms with E-state index in [1.807, 2.05) is 38.1 Å². The fraction of sp³-hybridized carbons (Fsp3) is 0.467. The van der Waals surface area contributed by atoms with Crippen molar-refractivity contribution in [1.29, 1.82) is 0 Å². The molecule has 0 aliphatic carbocycles. The monoisotopic (exact) mass is 274 g/mol. The number of nitrogens with one attached hydrogen (secondary N) is 1. The van der Waals surface area contributed by atoms with Gasteiger partial charge in [-0.15, -0.1) is 0 Å². The maximum Gasteiger partial charge on any atom is 0.229 e. The molecular formula is C15H18N2O3. The number of nitrogens with zero attached hydrogens (tertiary/aromatic N) is 1. The molecule has 2 amide bonds. The lowest BCUT2D eigenvalue weighted by molar-refractivity contribution is -0.139. The average Bonchev–Trinajstić information content (AvgIpc) is 2.70. The zero-order valence-electron chi connectivity index (χ0n) is 11.7. The number of carbonyl (C=O) groups is 2. The maximum atomic E-state index is 11.8. The van der Waals surface area contributed by atoms with Crippen molar-refractivity contribution in [3.63, 3.8) is 0 Å². The Labute approximate surface area is 117 Å². The summed E-state index contributed by atoms with van der Waals surface area (Å²) >= 11 is 0. The normalized spacial score (nSPS) is 24.1. The van der Waals surface area contributed by atoms with Crippen LogP contribution in [0.1, 0.15) is 26.7 Å².